The lowest BCUT2D eigenvalue weighted by atomic mass is 10.1. The van der Waals surface area contributed by atoms with Gasteiger partial charge in [-0.1, -0.05) is 30.3 Å². The van der Waals surface area contributed by atoms with Gasteiger partial charge in [-0.25, -0.2) is 9.98 Å². The fourth-order valence-electron chi connectivity index (χ4n) is 1.93. The van der Waals surface area contributed by atoms with Crippen molar-refractivity contribution in [1.29, 1.82) is 0 Å². The molecule has 0 spiro atoms. The second kappa shape index (κ2) is 9.22. The molecular formula is C17H25IN4S. The Labute approximate surface area is 159 Å². The van der Waals surface area contributed by atoms with Gasteiger partial charge in [0, 0.05) is 23.0 Å². The number of nitrogens with one attached hydrogen (secondary N) is 2. The summed E-state index contributed by atoms with van der Waals surface area (Å²) in [7, 11) is 0. The van der Waals surface area contributed by atoms with E-state index in [9.17, 15) is 0 Å². The van der Waals surface area contributed by atoms with Gasteiger partial charge >= 0.3 is 0 Å². The SMILES string of the molecule is CCNC(=NCc1nc(-c2ccccc2)cs1)NC(C)(C)C.I. The van der Waals surface area contributed by atoms with Crippen LogP contribution in [0, 0.1) is 0 Å². The molecule has 2 aromatic rings. The first-order valence-electron chi connectivity index (χ1n) is 7.54. The van der Waals surface area contributed by atoms with E-state index in [-0.39, 0.29) is 29.5 Å². The summed E-state index contributed by atoms with van der Waals surface area (Å²) in [6.07, 6.45) is 0. The molecule has 0 radical (unpaired) electrons. The van der Waals surface area contributed by atoms with E-state index in [0.29, 0.717) is 6.54 Å². The van der Waals surface area contributed by atoms with Crippen LogP contribution in [0.25, 0.3) is 11.3 Å². The van der Waals surface area contributed by atoms with Gasteiger partial charge < -0.3 is 10.6 Å². The van der Waals surface area contributed by atoms with Crippen molar-refractivity contribution in [3.05, 3.63) is 40.7 Å². The van der Waals surface area contributed by atoms with Crippen LogP contribution in [0.2, 0.25) is 0 Å². The molecule has 0 aliphatic carbocycles. The van der Waals surface area contributed by atoms with Crippen molar-refractivity contribution in [2.24, 2.45) is 4.99 Å². The molecule has 0 aliphatic heterocycles. The van der Waals surface area contributed by atoms with E-state index in [2.05, 4.69) is 65.8 Å². The summed E-state index contributed by atoms with van der Waals surface area (Å²) in [6.45, 7) is 9.86. The molecule has 2 rings (SSSR count). The summed E-state index contributed by atoms with van der Waals surface area (Å²) in [5.74, 6) is 0.825. The third-order valence-electron chi connectivity index (χ3n) is 2.83. The molecule has 0 saturated heterocycles. The highest BCUT2D eigenvalue weighted by Gasteiger charge is 2.12. The number of nitrogens with zero attached hydrogens (tertiary/aromatic N) is 2. The second-order valence-corrected chi connectivity index (χ2v) is 7.01. The Balaban J connectivity index is 0.00000264. The van der Waals surface area contributed by atoms with E-state index in [1.165, 1.54) is 0 Å². The highest BCUT2D eigenvalue weighted by atomic mass is 127. The third kappa shape index (κ3) is 6.87. The molecule has 0 saturated carbocycles. The number of benzene rings is 1. The Hall–Kier alpha value is -1.15. The van der Waals surface area contributed by atoms with E-state index in [1.807, 2.05) is 18.2 Å². The number of hydrogen-bond donors (Lipinski definition) is 2. The van der Waals surface area contributed by atoms with Crippen LogP contribution in [0.4, 0.5) is 0 Å². The molecule has 0 fully saturated rings. The van der Waals surface area contributed by atoms with Crippen LogP contribution in [0.1, 0.15) is 32.7 Å². The minimum absolute atomic E-state index is 0. The fourth-order valence-corrected chi connectivity index (χ4v) is 2.66. The van der Waals surface area contributed by atoms with Gasteiger partial charge in [0.05, 0.1) is 12.2 Å². The van der Waals surface area contributed by atoms with Crippen molar-refractivity contribution >= 4 is 41.3 Å². The highest BCUT2D eigenvalue weighted by Crippen LogP contribution is 2.21. The van der Waals surface area contributed by atoms with Crippen LogP contribution in [0.3, 0.4) is 0 Å². The molecule has 0 amide bonds. The summed E-state index contributed by atoms with van der Waals surface area (Å²) in [5, 5.41) is 9.75. The van der Waals surface area contributed by atoms with Crippen molar-refractivity contribution in [3.8, 4) is 11.3 Å². The second-order valence-electron chi connectivity index (χ2n) is 6.06. The average molecular weight is 444 g/mol. The Morgan fingerprint density at radius 2 is 1.91 bits per heavy atom. The molecule has 0 bridgehead atoms. The largest absolute Gasteiger partial charge is 0.357 e. The van der Waals surface area contributed by atoms with E-state index < -0.39 is 0 Å². The zero-order valence-electron chi connectivity index (χ0n) is 14.1. The first-order chi connectivity index (χ1) is 10.5. The summed E-state index contributed by atoms with van der Waals surface area (Å²) >= 11 is 1.65. The Morgan fingerprint density at radius 3 is 2.52 bits per heavy atom. The molecule has 0 atom stereocenters. The average Bonchev–Trinajstić information content (AvgIpc) is 2.93. The Morgan fingerprint density at radius 1 is 1.22 bits per heavy atom. The number of thiazole rings is 1. The van der Waals surface area contributed by atoms with E-state index in [4.69, 9.17) is 0 Å². The number of guanidine groups is 1. The number of aromatic nitrogens is 1. The minimum Gasteiger partial charge on any atom is -0.357 e. The maximum Gasteiger partial charge on any atom is 0.192 e. The van der Waals surface area contributed by atoms with Crippen LogP contribution in [-0.4, -0.2) is 23.0 Å². The molecule has 2 N–H and O–H groups in total. The van der Waals surface area contributed by atoms with Gasteiger partial charge in [-0.3, -0.25) is 0 Å². The zero-order valence-corrected chi connectivity index (χ0v) is 17.2. The first kappa shape index (κ1) is 19.9. The van der Waals surface area contributed by atoms with Gasteiger partial charge in [-0.2, -0.15) is 0 Å². The molecule has 23 heavy (non-hydrogen) atoms. The van der Waals surface area contributed by atoms with Gasteiger partial charge in [-0.05, 0) is 27.7 Å². The molecule has 1 aromatic carbocycles. The smallest absolute Gasteiger partial charge is 0.192 e. The normalized spacial score (nSPS) is 11.7. The zero-order chi connectivity index (χ0) is 16.0. The van der Waals surface area contributed by atoms with Gasteiger partial charge in [0.2, 0.25) is 0 Å². The summed E-state index contributed by atoms with van der Waals surface area (Å²) in [6, 6.07) is 10.2. The third-order valence-corrected chi connectivity index (χ3v) is 3.66. The van der Waals surface area contributed by atoms with Crippen molar-refractivity contribution in [3.63, 3.8) is 0 Å². The lowest BCUT2D eigenvalue weighted by molar-refractivity contribution is 0.501. The molecule has 4 nitrogen and oxygen atoms in total. The topological polar surface area (TPSA) is 49.3 Å². The maximum atomic E-state index is 4.66. The first-order valence-corrected chi connectivity index (χ1v) is 8.42. The number of hydrogen-bond acceptors (Lipinski definition) is 3. The molecule has 0 aliphatic rings. The van der Waals surface area contributed by atoms with Crippen LogP contribution in [0.15, 0.2) is 40.7 Å². The molecule has 1 heterocycles. The maximum absolute atomic E-state index is 4.66. The van der Waals surface area contributed by atoms with Crippen molar-refractivity contribution in [1.82, 2.24) is 15.6 Å². The molecule has 1 aromatic heterocycles. The number of halogens is 1. The minimum atomic E-state index is -0.0148. The summed E-state index contributed by atoms with van der Waals surface area (Å²) in [4.78, 5) is 9.28. The monoisotopic (exact) mass is 444 g/mol. The van der Waals surface area contributed by atoms with Gasteiger partial charge in [-0.15, -0.1) is 35.3 Å². The van der Waals surface area contributed by atoms with Gasteiger partial charge in [0.15, 0.2) is 5.96 Å². The van der Waals surface area contributed by atoms with Crippen LogP contribution >= 0.6 is 35.3 Å². The predicted octanol–water partition coefficient (Wildman–Crippen LogP) is 4.28. The summed E-state index contributed by atoms with van der Waals surface area (Å²) in [5.41, 5.74) is 2.15. The lowest BCUT2D eigenvalue weighted by Crippen LogP contribution is -2.47. The van der Waals surface area contributed by atoms with Gasteiger partial charge in [0.25, 0.3) is 0 Å². The lowest BCUT2D eigenvalue weighted by Gasteiger charge is -2.23. The molecule has 6 heteroatoms. The molecule has 126 valence electrons. The van der Waals surface area contributed by atoms with Crippen LogP contribution in [-0.2, 0) is 6.54 Å². The number of rotatable bonds is 4. The quantitative estimate of drug-likeness (QED) is 0.421. The molecule has 0 unspecified atom stereocenters. The van der Waals surface area contributed by atoms with Gasteiger partial charge in [0.1, 0.15) is 5.01 Å². The van der Waals surface area contributed by atoms with E-state index >= 15 is 0 Å². The van der Waals surface area contributed by atoms with E-state index in [0.717, 1.165) is 28.8 Å². The van der Waals surface area contributed by atoms with Crippen LogP contribution in [0.5, 0.6) is 0 Å². The fraction of sp³-hybridized carbons (Fsp3) is 0.412. The summed E-state index contributed by atoms with van der Waals surface area (Å²) < 4.78 is 0. The Kier molecular flexibility index (Phi) is 7.98. The highest BCUT2D eigenvalue weighted by molar-refractivity contribution is 14.0. The predicted molar refractivity (Wildman–Crippen MR) is 111 cm³/mol. The standard InChI is InChI=1S/C17H24N4S.HI/c1-5-18-16(21-17(2,3)4)19-11-15-20-14(12-22-15)13-9-7-6-8-10-13;/h6-10,12H,5,11H2,1-4H3,(H2,18,19,21);1H. The van der Waals surface area contributed by atoms with Crippen LogP contribution < -0.4 is 10.6 Å². The van der Waals surface area contributed by atoms with Crippen molar-refractivity contribution < 1.29 is 0 Å². The Bertz CT molecular complexity index is 617. The number of aliphatic imine (C=N–C) groups is 1. The van der Waals surface area contributed by atoms with E-state index in [1.54, 1.807) is 11.3 Å². The van der Waals surface area contributed by atoms with Crippen molar-refractivity contribution in [2.75, 3.05) is 6.54 Å². The molecular weight excluding hydrogens is 419 g/mol. The van der Waals surface area contributed by atoms with Crippen molar-refractivity contribution in [2.45, 2.75) is 39.8 Å².